The summed E-state index contributed by atoms with van der Waals surface area (Å²) < 4.78 is 20.7. The van der Waals surface area contributed by atoms with Gasteiger partial charge in [0.05, 0.1) is 47.0 Å². The lowest BCUT2D eigenvalue weighted by atomic mass is 9.98. The van der Waals surface area contributed by atoms with Crippen LogP contribution in [0, 0.1) is 12.7 Å². The maximum atomic E-state index is 14.7. The lowest BCUT2D eigenvalue weighted by Gasteiger charge is -2.21. The lowest BCUT2D eigenvalue weighted by Crippen LogP contribution is -2.29. The van der Waals surface area contributed by atoms with E-state index >= 15 is 0 Å². The molecule has 5 rings (SSSR count). The number of nitrogens with zero attached hydrogens (tertiary/aromatic N) is 3. The highest BCUT2D eigenvalue weighted by Gasteiger charge is 2.23. The predicted octanol–water partition coefficient (Wildman–Crippen LogP) is 6.20. The number of anilines is 2. The van der Waals surface area contributed by atoms with Gasteiger partial charge in [0.1, 0.15) is 5.69 Å². The Morgan fingerprint density at radius 1 is 1.17 bits per heavy atom. The fourth-order valence-electron chi connectivity index (χ4n) is 4.86. The Morgan fingerprint density at radius 3 is 2.81 bits per heavy atom. The summed E-state index contributed by atoms with van der Waals surface area (Å²) in [6.07, 6.45) is 4.45. The number of benzene rings is 2. The minimum Gasteiger partial charge on any atom is -0.453 e. The largest absolute Gasteiger partial charge is 0.453 e. The van der Waals surface area contributed by atoms with Crippen molar-refractivity contribution in [1.82, 2.24) is 20.1 Å². The van der Waals surface area contributed by atoms with E-state index in [4.69, 9.17) is 11.6 Å². The van der Waals surface area contributed by atoms with Gasteiger partial charge in [0.15, 0.2) is 5.82 Å². The number of hydrogen-bond acceptors (Lipinski definition) is 6. The van der Waals surface area contributed by atoms with Crippen molar-refractivity contribution in [3.8, 4) is 16.8 Å². The number of nitrogens with one attached hydrogen (secondary N) is 3. The Morgan fingerprint density at radius 2 is 2.00 bits per heavy atom. The number of carbonyl (C=O) groups is 3. The van der Waals surface area contributed by atoms with Gasteiger partial charge >= 0.3 is 6.09 Å². The van der Waals surface area contributed by atoms with Crippen LogP contribution < -0.4 is 16.0 Å². The molecule has 0 unspecified atom stereocenters. The Hall–Kier alpha value is -4.77. The first-order valence-corrected chi connectivity index (χ1v) is 13.7. The van der Waals surface area contributed by atoms with Crippen LogP contribution in [-0.4, -0.2) is 39.8 Å². The zero-order valence-corrected chi connectivity index (χ0v) is 23.7. The molecule has 4 aromatic rings. The second-order valence-corrected chi connectivity index (χ2v) is 10.2. The summed E-state index contributed by atoms with van der Waals surface area (Å²) in [5.74, 6) is -1.18. The Bertz CT molecular complexity index is 1670. The number of methoxy groups -OCH3 is 1. The number of aromatic nitrogens is 3. The van der Waals surface area contributed by atoms with Gasteiger partial charge in [0.25, 0.3) is 5.91 Å². The molecule has 12 heteroatoms. The molecule has 0 aliphatic carbocycles. The number of hydrogen-bond donors (Lipinski definition) is 3. The highest BCUT2D eigenvalue weighted by molar-refractivity contribution is 6.30. The van der Waals surface area contributed by atoms with Crippen LogP contribution in [0.5, 0.6) is 0 Å². The van der Waals surface area contributed by atoms with Gasteiger partial charge in [-0.25, -0.2) is 13.9 Å². The fraction of sp³-hybridized carbons (Fsp3) is 0.233. The smallest absolute Gasteiger partial charge is 0.411 e. The van der Waals surface area contributed by atoms with E-state index in [-0.39, 0.29) is 34.5 Å². The highest BCUT2D eigenvalue weighted by Crippen LogP contribution is 2.33. The molecule has 3 heterocycles. The van der Waals surface area contributed by atoms with Crippen molar-refractivity contribution >= 4 is 40.9 Å². The first kappa shape index (κ1) is 28.7. The molecule has 1 aliphatic heterocycles. The molecular weight excluding hydrogens is 563 g/mol. The van der Waals surface area contributed by atoms with Crippen LogP contribution >= 0.6 is 11.6 Å². The number of halogens is 2. The minimum atomic E-state index is -0.629. The van der Waals surface area contributed by atoms with Gasteiger partial charge in [0, 0.05) is 23.9 Å². The summed E-state index contributed by atoms with van der Waals surface area (Å²) in [5, 5.41) is 12.8. The van der Waals surface area contributed by atoms with Gasteiger partial charge in [-0.3, -0.25) is 19.9 Å². The standard InChI is InChI=1S/C30H28ClFN6O4/c1-17-21(16-34-38(17)26-8-5-6-22(31)28(26)32)29(40)37-23-7-3-4-9-27(39)36-24-15-19(35-30(41)42-2)10-11-20(24)18-12-13-33-25(23)14-18/h5-6,8,10-16,23H,3-4,7,9H2,1-2H3,(H,35,41)(H,36,39)(H,37,40)/t23-/m0/s1. The monoisotopic (exact) mass is 590 g/mol. The van der Waals surface area contributed by atoms with Gasteiger partial charge in [-0.05, 0) is 61.7 Å². The number of carbonyl (C=O) groups excluding carboxylic acids is 3. The quantitative estimate of drug-likeness (QED) is 0.260. The topological polar surface area (TPSA) is 127 Å². The van der Waals surface area contributed by atoms with Crippen molar-refractivity contribution < 1.29 is 23.5 Å². The zero-order chi connectivity index (χ0) is 29.8. The second-order valence-electron chi connectivity index (χ2n) is 9.79. The molecule has 2 aromatic heterocycles. The van der Waals surface area contributed by atoms with E-state index in [2.05, 4.69) is 30.8 Å². The van der Waals surface area contributed by atoms with Crippen molar-refractivity contribution in [2.24, 2.45) is 0 Å². The third-order valence-electron chi connectivity index (χ3n) is 7.04. The molecule has 1 atom stereocenters. The second kappa shape index (κ2) is 12.4. The van der Waals surface area contributed by atoms with Gasteiger partial charge in [-0.15, -0.1) is 0 Å². The number of ether oxygens (including phenoxy) is 1. The first-order chi connectivity index (χ1) is 20.2. The summed E-state index contributed by atoms with van der Waals surface area (Å²) in [6.45, 7) is 1.68. The maximum Gasteiger partial charge on any atom is 0.411 e. The van der Waals surface area contributed by atoms with Crippen LogP contribution in [-0.2, 0) is 9.53 Å². The molecule has 0 saturated heterocycles. The third-order valence-corrected chi connectivity index (χ3v) is 7.33. The highest BCUT2D eigenvalue weighted by atomic mass is 35.5. The van der Waals surface area contributed by atoms with E-state index in [1.807, 2.05) is 6.07 Å². The van der Waals surface area contributed by atoms with E-state index in [1.54, 1.807) is 43.5 Å². The van der Waals surface area contributed by atoms with E-state index in [1.165, 1.54) is 30.1 Å². The predicted molar refractivity (Wildman–Crippen MR) is 156 cm³/mol. The molecule has 3 N–H and O–H groups in total. The van der Waals surface area contributed by atoms with Crippen molar-refractivity contribution in [3.05, 3.63) is 88.7 Å². The molecule has 0 spiro atoms. The molecule has 2 aromatic carbocycles. The maximum absolute atomic E-state index is 14.7. The van der Waals surface area contributed by atoms with Crippen molar-refractivity contribution in [2.45, 2.75) is 38.6 Å². The van der Waals surface area contributed by atoms with Crippen LogP contribution in [0.1, 0.15) is 53.5 Å². The van der Waals surface area contributed by atoms with E-state index < -0.39 is 18.0 Å². The van der Waals surface area contributed by atoms with E-state index in [0.29, 0.717) is 47.6 Å². The molecule has 0 fully saturated rings. The van der Waals surface area contributed by atoms with Crippen LogP contribution in [0.4, 0.5) is 20.6 Å². The van der Waals surface area contributed by atoms with Gasteiger partial charge in [-0.2, -0.15) is 5.10 Å². The minimum absolute atomic E-state index is 0.0428. The summed E-state index contributed by atoms with van der Waals surface area (Å²) in [4.78, 5) is 42.5. The summed E-state index contributed by atoms with van der Waals surface area (Å²) in [7, 11) is 1.27. The van der Waals surface area contributed by atoms with Crippen molar-refractivity contribution in [1.29, 1.82) is 0 Å². The molecule has 42 heavy (non-hydrogen) atoms. The molecule has 2 bridgehead atoms. The normalized spacial score (nSPS) is 15.0. The Kier molecular flexibility index (Phi) is 8.48. The fourth-order valence-corrected chi connectivity index (χ4v) is 5.03. The summed E-state index contributed by atoms with van der Waals surface area (Å²) in [6, 6.07) is 12.9. The average molecular weight is 591 g/mol. The van der Waals surface area contributed by atoms with Gasteiger partial charge in [0.2, 0.25) is 5.91 Å². The SMILES string of the molecule is COC(=O)Nc1ccc2c(c1)NC(=O)CCCC[C@H](NC(=O)c1cnn(-c3cccc(Cl)c3F)c1C)c1cc-2ccn1. The number of fused-ring (bicyclic) bond motifs is 4. The summed E-state index contributed by atoms with van der Waals surface area (Å²) >= 11 is 5.95. The summed E-state index contributed by atoms with van der Waals surface area (Å²) in [5.41, 5.74) is 3.97. The molecular formula is C30H28ClFN6O4. The average Bonchev–Trinajstić information content (AvgIpc) is 3.36. The Balaban J connectivity index is 1.46. The number of pyridine rings is 1. The molecule has 0 radical (unpaired) electrons. The van der Waals surface area contributed by atoms with E-state index in [0.717, 1.165) is 5.56 Å². The first-order valence-electron chi connectivity index (χ1n) is 13.3. The third kappa shape index (κ3) is 6.10. The lowest BCUT2D eigenvalue weighted by molar-refractivity contribution is -0.116. The van der Waals surface area contributed by atoms with Gasteiger partial charge in [-0.1, -0.05) is 30.2 Å². The van der Waals surface area contributed by atoms with Crippen LogP contribution in [0.3, 0.4) is 0 Å². The van der Waals surface area contributed by atoms with Crippen molar-refractivity contribution in [3.63, 3.8) is 0 Å². The molecule has 0 saturated carbocycles. The zero-order valence-electron chi connectivity index (χ0n) is 22.9. The van der Waals surface area contributed by atoms with Crippen molar-refractivity contribution in [2.75, 3.05) is 17.7 Å². The van der Waals surface area contributed by atoms with Gasteiger partial charge < -0.3 is 15.4 Å². The van der Waals surface area contributed by atoms with Crippen LogP contribution in [0.15, 0.2) is 60.9 Å². The number of rotatable bonds is 4. The van der Waals surface area contributed by atoms with Crippen LogP contribution in [0.25, 0.3) is 16.8 Å². The molecule has 1 aliphatic rings. The molecule has 216 valence electrons. The molecule has 10 nitrogen and oxygen atoms in total. The Labute approximate surface area is 246 Å². The van der Waals surface area contributed by atoms with Crippen LogP contribution in [0.2, 0.25) is 5.02 Å². The number of amides is 3. The van der Waals surface area contributed by atoms with E-state index in [9.17, 15) is 18.8 Å². The molecule has 3 amide bonds.